The van der Waals surface area contributed by atoms with Crippen LogP contribution >= 0.6 is 0 Å². The summed E-state index contributed by atoms with van der Waals surface area (Å²) in [5.41, 5.74) is 6.93. The molecular weight excluding hydrogens is 396 g/mol. The number of rotatable bonds is 2. The van der Waals surface area contributed by atoms with Crippen molar-refractivity contribution >= 4 is 22.3 Å². The molecule has 0 bridgehead atoms. The van der Waals surface area contributed by atoms with E-state index in [1.54, 1.807) is 6.20 Å². The first-order valence-corrected chi connectivity index (χ1v) is 11.6. The number of pyridine rings is 1. The van der Waals surface area contributed by atoms with E-state index in [1.807, 2.05) is 12.1 Å². The van der Waals surface area contributed by atoms with Crippen LogP contribution in [-0.2, 0) is 6.54 Å². The number of hydrogen-bond acceptors (Lipinski definition) is 6. The SMILES string of the molecule is CC1CN(c2ccc(C#N)c3ncccc23)CC2c3ccc(N4CCNCC4)cc3CN12. The molecule has 0 aliphatic carbocycles. The molecule has 4 heterocycles. The van der Waals surface area contributed by atoms with Crippen molar-refractivity contribution in [2.24, 2.45) is 0 Å². The Morgan fingerprint density at radius 1 is 1.06 bits per heavy atom. The van der Waals surface area contributed by atoms with Gasteiger partial charge in [0.2, 0.25) is 0 Å². The number of fused-ring (bicyclic) bond motifs is 4. The minimum atomic E-state index is 0.396. The zero-order valence-electron chi connectivity index (χ0n) is 18.5. The molecule has 6 heteroatoms. The van der Waals surface area contributed by atoms with Gasteiger partial charge < -0.3 is 15.1 Å². The standard InChI is InChI=1S/C26H28N6/c1-18-15-31(24-7-4-19(14-27)26-23(24)3-2-8-29-26)17-25-22-6-5-21(13-20(22)16-32(18)25)30-11-9-28-10-12-30/h2-8,13,18,25,28H,9-12,15-17H2,1H3. The van der Waals surface area contributed by atoms with Crippen molar-refractivity contribution in [3.05, 3.63) is 65.4 Å². The van der Waals surface area contributed by atoms with Gasteiger partial charge in [0.1, 0.15) is 6.07 Å². The molecule has 2 unspecified atom stereocenters. The summed E-state index contributed by atoms with van der Waals surface area (Å²) in [7, 11) is 0. The fourth-order valence-electron chi connectivity index (χ4n) is 5.75. The van der Waals surface area contributed by atoms with Crippen LogP contribution in [0, 0.1) is 11.3 Å². The normalized spacial score (nSPS) is 23.1. The number of aromatic nitrogens is 1. The van der Waals surface area contributed by atoms with Crippen LogP contribution in [0.25, 0.3) is 10.9 Å². The van der Waals surface area contributed by atoms with Crippen molar-refractivity contribution in [3.8, 4) is 6.07 Å². The molecule has 3 aliphatic rings. The van der Waals surface area contributed by atoms with Gasteiger partial charge in [-0.1, -0.05) is 6.07 Å². The molecule has 162 valence electrons. The Labute approximate surface area is 189 Å². The summed E-state index contributed by atoms with van der Waals surface area (Å²) in [6.45, 7) is 9.59. The van der Waals surface area contributed by atoms with Gasteiger partial charge in [0, 0.05) is 74.8 Å². The summed E-state index contributed by atoms with van der Waals surface area (Å²) in [4.78, 5) is 12.2. The maximum Gasteiger partial charge on any atom is 0.101 e. The van der Waals surface area contributed by atoms with Crippen molar-refractivity contribution in [1.29, 1.82) is 5.26 Å². The molecule has 6 rings (SSSR count). The van der Waals surface area contributed by atoms with E-state index in [-0.39, 0.29) is 0 Å². The largest absolute Gasteiger partial charge is 0.369 e. The molecule has 2 saturated heterocycles. The number of hydrogen-bond donors (Lipinski definition) is 1. The first kappa shape index (κ1) is 19.5. The van der Waals surface area contributed by atoms with E-state index < -0.39 is 0 Å². The first-order chi connectivity index (χ1) is 15.7. The topological polar surface area (TPSA) is 58.4 Å². The average molecular weight is 425 g/mol. The Kier molecular flexibility index (Phi) is 4.74. The lowest BCUT2D eigenvalue weighted by Gasteiger charge is -2.44. The van der Waals surface area contributed by atoms with E-state index in [0.29, 0.717) is 17.6 Å². The third kappa shape index (κ3) is 3.12. The minimum Gasteiger partial charge on any atom is -0.369 e. The van der Waals surface area contributed by atoms with Crippen molar-refractivity contribution in [2.45, 2.75) is 25.6 Å². The maximum atomic E-state index is 9.51. The lowest BCUT2D eigenvalue weighted by Crippen LogP contribution is -2.51. The highest BCUT2D eigenvalue weighted by atomic mass is 15.3. The van der Waals surface area contributed by atoms with Crippen LogP contribution in [0.2, 0.25) is 0 Å². The van der Waals surface area contributed by atoms with Gasteiger partial charge in [0.25, 0.3) is 0 Å². The summed E-state index contributed by atoms with van der Waals surface area (Å²) in [5.74, 6) is 0. The summed E-state index contributed by atoms with van der Waals surface area (Å²) in [6, 6.07) is 18.3. The molecule has 3 aliphatic heterocycles. The van der Waals surface area contributed by atoms with Gasteiger partial charge >= 0.3 is 0 Å². The van der Waals surface area contributed by atoms with E-state index in [2.05, 4.69) is 68.3 Å². The van der Waals surface area contributed by atoms with E-state index in [1.165, 1.54) is 22.5 Å². The molecule has 6 nitrogen and oxygen atoms in total. The zero-order chi connectivity index (χ0) is 21.7. The van der Waals surface area contributed by atoms with Gasteiger partial charge in [-0.2, -0.15) is 5.26 Å². The molecule has 0 saturated carbocycles. The van der Waals surface area contributed by atoms with E-state index in [9.17, 15) is 5.26 Å². The Morgan fingerprint density at radius 2 is 1.94 bits per heavy atom. The third-order valence-corrected chi connectivity index (χ3v) is 7.37. The maximum absolute atomic E-state index is 9.51. The van der Waals surface area contributed by atoms with Crippen LogP contribution < -0.4 is 15.1 Å². The molecule has 2 fully saturated rings. The van der Waals surface area contributed by atoms with Gasteiger partial charge in [-0.15, -0.1) is 0 Å². The van der Waals surface area contributed by atoms with Gasteiger partial charge in [-0.25, -0.2) is 0 Å². The summed E-state index contributed by atoms with van der Waals surface area (Å²) in [6.07, 6.45) is 1.77. The summed E-state index contributed by atoms with van der Waals surface area (Å²) >= 11 is 0. The molecule has 1 aromatic heterocycles. The number of piperazine rings is 2. The quantitative estimate of drug-likeness (QED) is 0.681. The number of nitrogens with zero attached hydrogens (tertiary/aromatic N) is 5. The first-order valence-electron chi connectivity index (χ1n) is 11.6. The van der Waals surface area contributed by atoms with E-state index in [4.69, 9.17) is 0 Å². The predicted molar refractivity (Wildman–Crippen MR) is 128 cm³/mol. The Bertz CT molecular complexity index is 1210. The third-order valence-electron chi connectivity index (χ3n) is 7.37. The van der Waals surface area contributed by atoms with Crippen molar-refractivity contribution < 1.29 is 0 Å². The van der Waals surface area contributed by atoms with Gasteiger partial charge in [0.15, 0.2) is 0 Å². The van der Waals surface area contributed by atoms with Gasteiger partial charge in [0.05, 0.1) is 17.1 Å². The Balaban J connectivity index is 1.33. The monoisotopic (exact) mass is 424 g/mol. The fourth-order valence-corrected chi connectivity index (χ4v) is 5.75. The second kappa shape index (κ2) is 7.77. The van der Waals surface area contributed by atoms with Crippen molar-refractivity contribution in [2.75, 3.05) is 49.1 Å². The highest BCUT2D eigenvalue weighted by Gasteiger charge is 2.39. The minimum absolute atomic E-state index is 0.396. The van der Waals surface area contributed by atoms with Crippen LogP contribution in [0.3, 0.4) is 0 Å². The Hall–Kier alpha value is -3.14. The molecule has 0 amide bonds. The average Bonchev–Trinajstić information content (AvgIpc) is 3.22. The fraction of sp³-hybridized carbons (Fsp3) is 0.385. The highest BCUT2D eigenvalue weighted by molar-refractivity contribution is 5.95. The molecule has 32 heavy (non-hydrogen) atoms. The predicted octanol–water partition coefficient (Wildman–Crippen LogP) is 3.28. The van der Waals surface area contributed by atoms with Crippen LogP contribution in [0.4, 0.5) is 11.4 Å². The van der Waals surface area contributed by atoms with Crippen LogP contribution in [0.1, 0.15) is 29.7 Å². The molecule has 2 atom stereocenters. The lowest BCUT2D eigenvalue weighted by atomic mass is 9.99. The van der Waals surface area contributed by atoms with Crippen molar-refractivity contribution in [3.63, 3.8) is 0 Å². The molecule has 2 aromatic carbocycles. The van der Waals surface area contributed by atoms with Crippen LogP contribution in [0.5, 0.6) is 0 Å². The highest BCUT2D eigenvalue weighted by Crippen LogP contribution is 2.42. The summed E-state index contributed by atoms with van der Waals surface area (Å²) in [5, 5.41) is 14.0. The lowest BCUT2D eigenvalue weighted by molar-refractivity contribution is 0.134. The smallest absolute Gasteiger partial charge is 0.101 e. The Morgan fingerprint density at radius 3 is 2.78 bits per heavy atom. The number of anilines is 2. The summed E-state index contributed by atoms with van der Waals surface area (Å²) < 4.78 is 0. The number of nitrogens with one attached hydrogen (secondary N) is 1. The van der Waals surface area contributed by atoms with Crippen LogP contribution in [0.15, 0.2) is 48.7 Å². The number of benzene rings is 2. The van der Waals surface area contributed by atoms with E-state index in [0.717, 1.165) is 56.7 Å². The van der Waals surface area contributed by atoms with Gasteiger partial charge in [-0.05, 0) is 54.4 Å². The number of nitriles is 1. The molecule has 3 aromatic rings. The molecule has 0 radical (unpaired) electrons. The van der Waals surface area contributed by atoms with Gasteiger partial charge in [-0.3, -0.25) is 9.88 Å². The molecular formula is C26H28N6. The molecule has 0 spiro atoms. The van der Waals surface area contributed by atoms with E-state index >= 15 is 0 Å². The zero-order valence-corrected chi connectivity index (χ0v) is 18.5. The molecule has 1 N–H and O–H groups in total. The second-order valence-electron chi connectivity index (χ2n) is 9.21. The van der Waals surface area contributed by atoms with Crippen LogP contribution in [-0.4, -0.2) is 55.2 Å². The second-order valence-corrected chi connectivity index (χ2v) is 9.21. The van der Waals surface area contributed by atoms with Crippen molar-refractivity contribution in [1.82, 2.24) is 15.2 Å².